The molecule has 1 amide bonds. The van der Waals surface area contributed by atoms with Crippen molar-refractivity contribution in [2.75, 3.05) is 41.1 Å². The van der Waals surface area contributed by atoms with Gasteiger partial charge in [-0.15, -0.1) is 0 Å². The summed E-state index contributed by atoms with van der Waals surface area (Å²) in [6.07, 6.45) is 0. The van der Waals surface area contributed by atoms with E-state index in [0.29, 0.717) is 18.8 Å². The van der Waals surface area contributed by atoms with E-state index in [9.17, 15) is 4.79 Å². The van der Waals surface area contributed by atoms with Crippen molar-refractivity contribution < 1.29 is 14.4 Å². The lowest BCUT2D eigenvalue weighted by molar-refractivity contribution is -0.154. The highest BCUT2D eigenvalue weighted by molar-refractivity contribution is 5.93. The maximum absolute atomic E-state index is 11.9. The molecule has 0 aromatic rings. The number of rotatable bonds is 4. The molecular weight excluding hydrogens is 212 g/mol. The largest absolute Gasteiger partial charge is 0.383 e. The van der Waals surface area contributed by atoms with E-state index in [0.717, 1.165) is 0 Å². The summed E-state index contributed by atoms with van der Waals surface area (Å²) in [5, 5.41) is 4.31. The van der Waals surface area contributed by atoms with Crippen LogP contribution in [-0.4, -0.2) is 57.0 Å². The van der Waals surface area contributed by atoms with Gasteiger partial charge in [-0.3, -0.25) is 9.63 Å². The molecule has 7 nitrogen and oxygen atoms in total. The lowest BCUT2D eigenvalue weighted by atomic mass is 10.3. The van der Waals surface area contributed by atoms with E-state index in [2.05, 4.69) is 5.32 Å². The monoisotopic (exact) mass is 230 g/mol. The zero-order valence-electron chi connectivity index (χ0n) is 9.82. The van der Waals surface area contributed by atoms with Crippen LogP contribution in [-0.2, 0) is 14.4 Å². The molecule has 0 aromatic heterocycles. The highest BCUT2D eigenvalue weighted by Crippen LogP contribution is 2.09. The number of hydrogen-bond donors (Lipinski definition) is 2. The Balaban J connectivity index is 2.78. The minimum atomic E-state index is -0.196. The Morgan fingerprint density at radius 3 is 2.88 bits per heavy atom. The van der Waals surface area contributed by atoms with Gasteiger partial charge in [-0.25, -0.2) is 5.06 Å². The van der Waals surface area contributed by atoms with Crippen molar-refractivity contribution in [3.05, 3.63) is 11.5 Å². The van der Waals surface area contributed by atoms with Crippen molar-refractivity contribution in [2.24, 2.45) is 5.73 Å². The van der Waals surface area contributed by atoms with E-state index in [-0.39, 0.29) is 18.5 Å². The quantitative estimate of drug-likeness (QED) is 0.581. The molecule has 1 aliphatic heterocycles. The third-order valence-electron chi connectivity index (χ3n) is 2.21. The van der Waals surface area contributed by atoms with E-state index < -0.39 is 0 Å². The molecule has 0 spiro atoms. The van der Waals surface area contributed by atoms with Crippen LogP contribution in [0.3, 0.4) is 0 Å². The molecule has 0 radical (unpaired) electrons. The highest BCUT2D eigenvalue weighted by Gasteiger charge is 2.24. The molecule has 0 bridgehead atoms. The molecule has 3 N–H and O–H groups in total. The number of nitrogens with two attached hydrogens (primary N) is 1. The van der Waals surface area contributed by atoms with E-state index in [1.807, 2.05) is 0 Å². The summed E-state index contributed by atoms with van der Waals surface area (Å²) in [5.41, 5.74) is 6.12. The first-order chi connectivity index (χ1) is 7.57. The fourth-order valence-corrected chi connectivity index (χ4v) is 1.20. The standard InChI is InChI=1S/C9H18N4O3/c1-12-6-16-13(2)8(10)7(9(12)14)11-4-5-15-3/h11H,4-6,10H2,1-3H3. The molecule has 0 aliphatic carbocycles. The van der Waals surface area contributed by atoms with Crippen LogP contribution in [0.15, 0.2) is 11.5 Å². The second-order valence-electron chi connectivity index (χ2n) is 3.44. The Morgan fingerprint density at radius 1 is 1.56 bits per heavy atom. The number of nitrogens with one attached hydrogen (secondary N) is 1. The Hall–Kier alpha value is -1.47. The first-order valence-electron chi connectivity index (χ1n) is 4.92. The minimum absolute atomic E-state index is 0.172. The summed E-state index contributed by atoms with van der Waals surface area (Å²) < 4.78 is 4.89. The summed E-state index contributed by atoms with van der Waals surface area (Å²) in [5.74, 6) is 0.0726. The molecule has 0 saturated carbocycles. The van der Waals surface area contributed by atoms with Crippen molar-refractivity contribution in [3.8, 4) is 0 Å². The van der Waals surface area contributed by atoms with Crippen LogP contribution >= 0.6 is 0 Å². The lowest BCUT2D eigenvalue weighted by Crippen LogP contribution is -2.35. The maximum Gasteiger partial charge on any atom is 0.275 e. The van der Waals surface area contributed by atoms with E-state index in [1.54, 1.807) is 21.2 Å². The van der Waals surface area contributed by atoms with Gasteiger partial charge in [0.15, 0.2) is 5.82 Å². The van der Waals surface area contributed by atoms with Gasteiger partial charge in [0, 0.05) is 27.7 Å². The number of methoxy groups -OCH3 is 1. The minimum Gasteiger partial charge on any atom is -0.383 e. The molecule has 0 aromatic carbocycles. The van der Waals surface area contributed by atoms with Crippen LogP contribution in [0.5, 0.6) is 0 Å². The molecule has 0 saturated heterocycles. The van der Waals surface area contributed by atoms with Crippen LogP contribution < -0.4 is 11.1 Å². The van der Waals surface area contributed by atoms with E-state index >= 15 is 0 Å². The van der Waals surface area contributed by atoms with Crippen LogP contribution in [0.4, 0.5) is 0 Å². The van der Waals surface area contributed by atoms with Crippen LogP contribution in [0.1, 0.15) is 0 Å². The first kappa shape index (κ1) is 12.6. The van der Waals surface area contributed by atoms with Gasteiger partial charge < -0.3 is 20.7 Å². The van der Waals surface area contributed by atoms with Crippen LogP contribution in [0.2, 0.25) is 0 Å². The summed E-state index contributed by atoms with van der Waals surface area (Å²) in [4.78, 5) is 18.5. The van der Waals surface area contributed by atoms with Crippen LogP contribution in [0, 0.1) is 0 Å². The first-order valence-corrected chi connectivity index (χ1v) is 4.92. The molecule has 0 fully saturated rings. The highest BCUT2D eigenvalue weighted by atomic mass is 16.7. The summed E-state index contributed by atoms with van der Waals surface area (Å²) in [7, 11) is 4.89. The van der Waals surface area contributed by atoms with Crippen LogP contribution in [0.25, 0.3) is 0 Å². The SMILES string of the molecule is COCCNC1=C(N)N(C)OCN(C)C1=O. The Morgan fingerprint density at radius 2 is 2.25 bits per heavy atom. The predicted molar refractivity (Wildman–Crippen MR) is 57.6 cm³/mol. The molecular formula is C9H18N4O3. The Kier molecular flexibility index (Phi) is 4.39. The molecule has 7 heteroatoms. The summed E-state index contributed by atoms with van der Waals surface area (Å²) in [6.45, 7) is 1.18. The second-order valence-corrected chi connectivity index (χ2v) is 3.44. The number of ether oxygens (including phenoxy) is 1. The topological polar surface area (TPSA) is 80.1 Å². The smallest absolute Gasteiger partial charge is 0.275 e. The van der Waals surface area contributed by atoms with Gasteiger partial charge in [-0.05, 0) is 0 Å². The molecule has 1 rings (SSSR count). The average molecular weight is 230 g/mol. The molecule has 1 aliphatic rings. The van der Waals surface area contributed by atoms with Crippen molar-refractivity contribution in [2.45, 2.75) is 0 Å². The van der Waals surface area contributed by atoms with Gasteiger partial charge in [0.1, 0.15) is 12.4 Å². The van der Waals surface area contributed by atoms with Gasteiger partial charge in [-0.1, -0.05) is 0 Å². The number of amides is 1. The Labute approximate surface area is 94.7 Å². The maximum atomic E-state index is 11.9. The molecule has 0 atom stereocenters. The van der Waals surface area contributed by atoms with Crippen molar-refractivity contribution in [1.29, 1.82) is 0 Å². The number of likely N-dealkylation sites (N-methyl/N-ethyl adjacent to an activating group) is 1. The molecule has 1 heterocycles. The number of carbonyl (C=O) groups is 1. The number of nitrogens with zero attached hydrogens (tertiary/aromatic N) is 2. The molecule has 92 valence electrons. The van der Waals surface area contributed by atoms with Gasteiger partial charge in [0.25, 0.3) is 5.91 Å². The van der Waals surface area contributed by atoms with Gasteiger partial charge >= 0.3 is 0 Å². The number of hydroxylamine groups is 2. The van der Waals surface area contributed by atoms with Crippen molar-refractivity contribution in [3.63, 3.8) is 0 Å². The third-order valence-corrected chi connectivity index (χ3v) is 2.21. The Bertz CT molecular complexity index is 292. The fraction of sp³-hybridized carbons (Fsp3) is 0.667. The number of hydrogen-bond acceptors (Lipinski definition) is 6. The van der Waals surface area contributed by atoms with Gasteiger partial charge in [0.05, 0.1) is 6.61 Å². The third kappa shape index (κ3) is 2.77. The summed E-state index contributed by atoms with van der Waals surface area (Å²) >= 11 is 0. The lowest BCUT2D eigenvalue weighted by Gasteiger charge is -2.17. The van der Waals surface area contributed by atoms with Crippen molar-refractivity contribution >= 4 is 5.91 Å². The van der Waals surface area contributed by atoms with E-state index in [1.165, 1.54) is 9.96 Å². The zero-order valence-corrected chi connectivity index (χ0v) is 9.82. The second kappa shape index (κ2) is 5.57. The van der Waals surface area contributed by atoms with E-state index in [4.69, 9.17) is 15.3 Å². The van der Waals surface area contributed by atoms with Gasteiger partial charge in [0.2, 0.25) is 0 Å². The summed E-state index contributed by atoms with van der Waals surface area (Å²) in [6, 6.07) is 0. The fourth-order valence-electron chi connectivity index (χ4n) is 1.20. The zero-order chi connectivity index (χ0) is 12.1. The molecule has 0 unspecified atom stereocenters. The number of carbonyl (C=O) groups excluding carboxylic acids is 1. The molecule has 16 heavy (non-hydrogen) atoms. The predicted octanol–water partition coefficient (Wildman–Crippen LogP) is -1.36. The average Bonchev–Trinajstić information content (AvgIpc) is 2.36. The van der Waals surface area contributed by atoms with Gasteiger partial charge in [-0.2, -0.15) is 0 Å². The van der Waals surface area contributed by atoms with Crippen molar-refractivity contribution in [1.82, 2.24) is 15.3 Å². The normalized spacial score (nSPS) is 17.8.